The van der Waals surface area contributed by atoms with Crippen molar-refractivity contribution in [2.45, 2.75) is 45.8 Å². The Labute approximate surface area is 173 Å². The van der Waals surface area contributed by atoms with Gasteiger partial charge in [0.25, 0.3) is 5.91 Å². The molecule has 2 aromatic carbocycles. The van der Waals surface area contributed by atoms with Gasteiger partial charge in [0.15, 0.2) is 6.10 Å². The Morgan fingerprint density at radius 2 is 1.69 bits per heavy atom. The van der Waals surface area contributed by atoms with Gasteiger partial charge in [-0.3, -0.25) is 9.10 Å². The molecule has 1 N–H and O–H groups in total. The highest BCUT2D eigenvalue weighted by molar-refractivity contribution is 7.92. The normalized spacial score (nSPS) is 13.4. The smallest absolute Gasteiger partial charge is 0.261 e. The maximum Gasteiger partial charge on any atom is 0.261 e. The van der Waals surface area contributed by atoms with E-state index in [1.807, 2.05) is 45.0 Å². The molecule has 0 radical (unpaired) electrons. The predicted molar refractivity (Wildman–Crippen MR) is 117 cm³/mol. The number of nitrogens with zero attached hydrogens (tertiary/aromatic N) is 1. The number of carbonyl (C=O) groups excluding carboxylic acids is 1. The number of hydrogen-bond donors (Lipinski definition) is 1. The Balaban J connectivity index is 2.09. The Morgan fingerprint density at radius 3 is 2.21 bits per heavy atom. The fourth-order valence-electron chi connectivity index (χ4n) is 3.05. The van der Waals surface area contributed by atoms with Crippen LogP contribution in [-0.4, -0.2) is 33.7 Å². The van der Waals surface area contributed by atoms with Crippen molar-refractivity contribution in [2.75, 3.05) is 17.6 Å². The molecule has 0 aromatic heterocycles. The van der Waals surface area contributed by atoms with Crippen molar-refractivity contribution in [3.8, 4) is 5.75 Å². The van der Waals surface area contributed by atoms with Crippen LogP contribution in [0.5, 0.6) is 5.75 Å². The summed E-state index contributed by atoms with van der Waals surface area (Å²) in [5.41, 5.74) is 2.77. The third-order valence-electron chi connectivity index (χ3n) is 4.93. The highest BCUT2D eigenvalue weighted by Crippen LogP contribution is 2.23. The van der Waals surface area contributed by atoms with Crippen LogP contribution in [0, 0.1) is 6.92 Å². The zero-order valence-corrected chi connectivity index (χ0v) is 18.5. The first-order valence-corrected chi connectivity index (χ1v) is 11.6. The van der Waals surface area contributed by atoms with Crippen molar-refractivity contribution < 1.29 is 17.9 Å². The Bertz CT molecular complexity index is 926. The first-order valence-electron chi connectivity index (χ1n) is 9.73. The number of benzene rings is 2. The molecule has 2 aromatic rings. The zero-order valence-electron chi connectivity index (χ0n) is 17.7. The third kappa shape index (κ3) is 5.97. The summed E-state index contributed by atoms with van der Waals surface area (Å²) in [6.45, 7) is 5.97. The average molecular weight is 419 g/mol. The minimum atomic E-state index is -3.33. The summed E-state index contributed by atoms with van der Waals surface area (Å²) >= 11 is 0. The molecule has 0 bridgehead atoms. The topological polar surface area (TPSA) is 75.7 Å². The van der Waals surface area contributed by atoms with Crippen LogP contribution >= 0.6 is 0 Å². The van der Waals surface area contributed by atoms with Gasteiger partial charge in [0, 0.05) is 7.05 Å². The van der Waals surface area contributed by atoms with Gasteiger partial charge in [-0.05, 0) is 55.2 Å². The Hall–Kier alpha value is -2.54. The van der Waals surface area contributed by atoms with Crippen LogP contribution in [0.2, 0.25) is 0 Å². The summed E-state index contributed by atoms with van der Waals surface area (Å²) in [5, 5.41) is 3.09. The van der Waals surface area contributed by atoms with Crippen LogP contribution in [0.25, 0.3) is 0 Å². The lowest BCUT2D eigenvalue weighted by atomic mass is 9.99. The molecule has 2 atom stereocenters. The second-order valence-electron chi connectivity index (χ2n) is 7.07. The van der Waals surface area contributed by atoms with Crippen molar-refractivity contribution in [2.24, 2.45) is 0 Å². The van der Waals surface area contributed by atoms with Gasteiger partial charge < -0.3 is 10.1 Å². The summed E-state index contributed by atoms with van der Waals surface area (Å²) in [7, 11) is -1.84. The Morgan fingerprint density at radius 1 is 1.07 bits per heavy atom. The number of anilines is 1. The van der Waals surface area contributed by atoms with Gasteiger partial charge in [-0.2, -0.15) is 0 Å². The van der Waals surface area contributed by atoms with Crippen LogP contribution < -0.4 is 14.4 Å². The predicted octanol–water partition coefficient (Wildman–Crippen LogP) is 3.82. The highest BCUT2D eigenvalue weighted by atomic mass is 32.2. The summed E-state index contributed by atoms with van der Waals surface area (Å²) in [5.74, 6) is 0.349. The third-order valence-corrected chi connectivity index (χ3v) is 6.13. The molecule has 0 aliphatic heterocycles. The van der Waals surface area contributed by atoms with E-state index in [4.69, 9.17) is 4.74 Å². The molecule has 1 amide bonds. The molecule has 0 heterocycles. The number of ether oxygens (including phenoxy) is 1. The van der Waals surface area contributed by atoms with Crippen LogP contribution in [0.3, 0.4) is 0 Å². The fourth-order valence-corrected chi connectivity index (χ4v) is 3.56. The number of sulfonamides is 1. The minimum absolute atomic E-state index is 0.0767. The molecule has 7 heteroatoms. The zero-order chi connectivity index (χ0) is 21.6. The van der Waals surface area contributed by atoms with Crippen molar-refractivity contribution in [1.29, 1.82) is 0 Å². The molecular formula is C22H30N2O4S. The number of amides is 1. The molecule has 6 nitrogen and oxygen atoms in total. The maximum atomic E-state index is 12.8. The second kappa shape index (κ2) is 9.78. The molecule has 0 fully saturated rings. The van der Waals surface area contributed by atoms with Crippen molar-refractivity contribution in [3.05, 3.63) is 59.7 Å². The quantitative estimate of drug-likeness (QED) is 0.672. The van der Waals surface area contributed by atoms with Gasteiger partial charge in [0.2, 0.25) is 10.0 Å². The molecule has 0 spiro atoms. The van der Waals surface area contributed by atoms with E-state index in [1.165, 1.54) is 11.4 Å². The molecule has 158 valence electrons. The van der Waals surface area contributed by atoms with Crippen LogP contribution in [0.15, 0.2) is 48.5 Å². The van der Waals surface area contributed by atoms with E-state index in [9.17, 15) is 13.2 Å². The lowest BCUT2D eigenvalue weighted by Crippen LogP contribution is -2.40. The number of rotatable bonds is 9. The summed E-state index contributed by atoms with van der Waals surface area (Å²) in [6.07, 6.45) is 1.81. The largest absolute Gasteiger partial charge is 0.481 e. The van der Waals surface area contributed by atoms with E-state index in [-0.39, 0.29) is 11.9 Å². The summed E-state index contributed by atoms with van der Waals surface area (Å²) in [4.78, 5) is 12.8. The number of nitrogens with one attached hydrogen (secondary N) is 1. The van der Waals surface area contributed by atoms with E-state index < -0.39 is 16.1 Å². The molecule has 0 aliphatic carbocycles. The van der Waals surface area contributed by atoms with Gasteiger partial charge in [-0.15, -0.1) is 0 Å². The number of aryl methyl sites for hydroxylation is 1. The van der Waals surface area contributed by atoms with E-state index in [0.717, 1.165) is 23.8 Å². The van der Waals surface area contributed by atoms with Crippen molar-refractivity contribution >= 4 is 21.6 Å². The van der Waals surface area contributed by atoms with E-state index in [2.05, 4.69) is 5.32 Å². The molecular weight excluding hydrogens is 388 g/mol. The summed E-state index contributed by atoms with van der Waals surface area (Å²) in [6, 6.07) is 14.6. The van der Waals surface area contributed by atoms with E-state index in [0.29, 0.717) is 17.9 Å². The lowest BCUT2D eigenvalue weighted by Gasteiger charge is -2.24. The molecule has 0 saturated carbocycles. The number of carbonyl (C=O) groups is 1. The Kier molecular flexibility index (Phi) is 7.67. The first-order chi connectivity index (χ1) is 13.7. The molecule has 2 rings (SSSR count). The van der Waals surface area contributed by atoms with Gasteiger partial charge in [-0.1, -0.05) is 38.1 Å². The molecule has 0 saturated heterocycles. The molecule has 0 aliphatic rings. The van der Waals surface area contributed by atoms with Crippen LogP contribution in [-0.2, 0) is 14.8 Å². The van der Waals surface area contributed by atoms with Gasteiger partial charge in [-0.25, -0.2) is 8.42 Å². The highest BCUT2D eigenvalue weighted by Gasteiger charge is 2.23. The van der Waals surface area contributed by atoms with Gasteiger partial charge >= 0.3 is 0 Å². The summed E-state index contributed by atoms with van der Waals surface area (Å²) < 4.78 is 30.4. The van der Waals surface area contributed by atoms with Crippen molar-refractivity contribution in [1.82, 2.24) is 5.32 Å². The fraction of sp³-hybridized carbons (Fsp3) is 0.409. The lowest BCUT2D eigenvalue weighted by molar-refractivity contribution is -0.128. The first kappa shape index (κ1) is 22.7. The van der Waals surface area contributed by atoms with Crippen LogP contribution in [0.1, 0.15) is 43.9 Å². The number of hydrogen-bond acceptors (Lipinski definition) is 4. The van der Waals surface area contributed by atoms with Gasteiger partial charge in [0.05, 0.1) is 18.0 Å². The van der Waals surface area contributed by atoms with E-state index in [1.54, 1.807) is 24.3 Å². The van der Waals surface area contributed by atoms with Crippen LogP contribution in [0.4, 0.5) is 5.69 Å². The average Bonchev–Trinajstić information content (AvgIpc) is 2.70. The molecule has 0 unspecified atom stereocenters. The van der Waals surface area contributed by atoms with Gasteiger partial charge in [0.1, 0.15) is 5.75 Å². The standard InChI is InChI=1S/C22H30N2O4S/c1-6-20(19-11-9-8-10-16(19)3)23-22(25)21(7-2)28-18-14-12-17(13-15-18)24(4)29(5,26)27/h8-15,20-21H,6-7H2,1-5H3,(H,23,25)/t20-,21-/m1/s1. The van der Waals surface area contributed by atoms with Crippen molar-refractivity contribution in [3.63, 3.8) is 0 Å². The van der Waals surface area contributed by atoms with E-state index >= 15 is 0 Å². The monoisotopic (exact) mass is 418 g/mol. The second-order valence-corrected chi connectivity index (χ2v) is 9.08. The molecule has 29 heavy (non-hydrogen) atoms. The maximum absolute atomic E-state index is 12.8. The SMILES string of the molecule is CC[C@@H](Oc1ccc(N(C)S(C)(=O)=O)cc1)C(=O)N[C@H](CC)c1ccccc1C. The minimum Gasteiger partial charge on any atom is -0.481 e.